The monoisotopic (exact) mass is 327 g/mol. The molecule has 0 N–H and O–H groups in total. The van der Waals surface area contributed by atoms with Crippen molar-refractivity contribution in [3.8, 4) is 0 Å². The summed E-state index contributed by atoms with van der Waals surface area (Å²) in [5, 5.41) is 4.19. The zero-order chi connectivity index (χ0) is 16.9. The molecule has 6 nitrogen and oxygen atoms in total. The van der Waals surface area contributed by atoms with E-state index in [-0.39, 0.29) is 11.9 Å². The lowest BCUT2D eigenvalue weighted by Gasteiger charge is -2.32. The van der Waals surface area contributed by atoms with Gasteiger partial charge in [-0.2, -0.15) is 5.10 Å². The van der Waals surface area contributed by atoms with Gasteiger partial charge in [0.05, 0.1) is 12.6 Å². The summed E-state index contributed by atoms with van der Waals surface area (Å²) in [4.78, 5) is 21.0. The van der Waals surface area contributed by atoms with Crippen LogP contribution >= 0.6 is 0 Å². The van der Waals surface area contributed by atoms with E-state index in [4.69, 9.17) is 0 Å². The molecule has 0 radical (unpaired) electrons. The van der Waals surface area contributed by atoms with Crippen LogP contribution in [0, 0.1) is 0 Å². The van der Waals surface area contributed by atoms with E-state index in [0.29, 0.717) is 12.6 Å². The minimum absolute atomic E-state index is 0.116. The van der Waals surface area contributed by atoms with E-state index in [1.165, 1.54) is 0 Å². The average Bonchev–Trinajstić information content (AvgIpc) is 3.27. The van der Waals surface area contributed by atoms with Crippen LogP contribution in [0.4, 0.5) is 0 Å². The van der Waals surface area contributed by atoms with Crippen LogP contribution in [0.15, 0.2) is 43.0 Å². The van der Waals surface area contributed by atoms with Crippen LogP contribution < -0.4 is 0 Å². The first-order valence-electron chi connectivity index (χ1n) is 8.52. The van der Waals surface area contributed by atoms with Crippen molar-refractivity contribution in [3.63, 3.8) is 0 Å². The first-order valence-corrected chi connectivity index (χ1v) is 8.52. The molecule has 1 amide bonds. The van der Waals surface area contributed by atoms with Crippen molar-refractivity contribution in [2.45, 2.75) is 44.9 Å². The summed E-state index contributed by atoms with van der Waals surface area (Å²) in [6.45, 7) is 4.42. The van der Waals surface area contributed by atoms with E-state index < -0.39 is 0 Å². The predicted octanol–water partition coefficient (Wildman–Crippen LogP) is 1.79. The van der Waals surface area contributed by atoms with E-state index in [1.807, 2.05) is 41.8 Å². The van der Waals surface area contributed by atoms with Gasteiger partial charge in [0.25, 0.3) is 0 Å². The Labute approximate surface area is 143 Å². The maximum absolute atomic E-state index is 12.8. The molecular weight excluding hydrogens is 302 g/mol. The number of hydrogen-bond donors (Lipinski definition) is 0. The number of rotatable bonds is 6. The number of likely N-dealkylation sites (N-methyl/N-ethyl adjacent to an activating group) is 1. The molecule has 0 unspecified atom stereocenters. The number of likely N-dealkylation sites (tertiary alicyclic amines) is 1. The lowest BCUT2D eigenvalue weighted by molar-refractivity contribution is -0.136. The fourth-order valence-corrected chi connectivity index (χ4v) is 3.50. The molecule has 1 fully saturated rings. The summed E-state index contributed by atoms with van der Waals surface area (Å²) < 4.78 is 1.86. The molecule has 0 bridgehead atoms. The number of benzene rings is 1. The molecule has 24 heavy (non-hydrogen) atoms. The number of aromatic nitrogens is 3. The molecule has 1 aliphatic rings. The molecule has 1 aliphatic heterocycles. The Morgan fingerprint density at radius 3 is 2.88 bits per heavy atom. The third-order valence-electron chi connectivity index (χ3n) is 4.78. The second-order valence-electron chi connectivity index (χ2n) is 6.51. The van der Waals surface area contributed by atoms with Gasteiger partial charge < -0.3 is 4.90 Å². The van der Waals surface area contributed by atoms with Gasteiger partial charge in [-0.05, 0) is 31.9 Å². The van der Waals surface area contributed by atoms with Gasteiger partial charge in [0, 0.05) is 19.6 Å². The van der Waals surface area contributed by atoms with E-state index in [0.717, 1.165) is 31.5 Å². The lowest BCUT2D eigenvalue weighted by atomic mass is 10.1. The van der Waals surface area contributed by atoms with Crippen molar-refractivity contribution in [1.29, 1.82) is 0 Å². The maximum Gasteiger partial charge on any atom is 0.239 e. The van der Waals surface area contributed by atoms with Crippen LogP contribution in [0.1, 0.15) is 25.3 Å². The third kappa shape index (κ3) is 3.82. The summed E-state index contributed by atoms with van der Waals surface area (Å²) in [7, 11) is 1.88. The van der Waals surface area contributed by atoms with E-state index in [1.54, 1.807) is 12.7 Å². The minimum Gasteiger partial charge on any atom is -0.340 e. The van der Waals surface area contributed by atoms with Crippen LogP contribution in [0.2, 0.25) is 0 Å². The van der Waals surface area contributed by atoms with Crippen molar-refractivity contribution in [1.82, 2.24) is 24.6 Å². The largest absolute Gasteiger partial charge is 0.340 e. The Bertz CT molecular complexity index is 643. The third-order valence-corrected chi connectivity index (χ3v) is 4.78. The Kier molecular flexibility index (Phi) is 5.25. The van der Waals surface area contributed by atoms with Gasteiger partial charge in [-0.3, -0.25) is 14.4 Å². The van der Waals surface area contributed by atoms with Gasteiger partial charge in [-0.15, -0.1) is 0 Å². The number of carbonyl (C=O) groups is 1. The van der Waals surface area contributed by atoms with Gasteiger partial charge in [0.2, 0.25) is 5.91 Å². The highest BCUT2D eigenvalue weighted by Crippen LogP contribution is 2.22. The Hall–Kier alpha value is -2.21. The van der Waals surface area contributed by atoms with E-state index >= 15 is 0 Å². The minimum atomic E-state index is -0.116. The highest BCUT2D eigenvalue weighted by molar-refractivity contribution is 5.81. The lowest BCUT2D eigenvalue weighted by Crippen LogP contribution is -2.48. The first kappa shape index (κ1) is 16.6. The van der Waals surface area contributed by atoms with Crippen molar-refractivity contribution >= 4 is 5.91 Å². The summed E-state index contributed by atoms with van der Waals surface area (Å²) in [5.41, 5.74) is 1.15. The molecule has 6 heteroatoms. The summed E-state index contributed by atoms with van der Waals surface area (Å²) in [6.07, 6.45) is 5.52. The van der Waals surface area contributed by atoms with Gasteiger partial charge in [-0.25, -0.2) is 4.98 Å². The number of nitrogens with zero attached hydrogens (tertiary/aromatic N) is 5. The zero-order valence-electron chi connectivity index (χ0n) is 14.4. The number of carbonyl (C=O) groups excluding carboxylic acids is 1. The topological polar surface area (TPSA) is 54.3 Å². The molecule has 2 heterocycles. The van der Waals surface area contributed by atoms with E-state index in [2.05, 4.69) is 27.1 Å². The predicted molar refractivity (Wildman–Crippen MR) is 92.1 cm³/mol. The average molecular weight is 327 g/mol. The molecule has 2 atom stereocenters. The zero-order valence-corrected chi connectivity index (χ0v) is 14.4. The smallest absolute Gasteiger partial charge is 0.239 e. The molecular formula is C18H25N5O. The molecule has 1 saturated heterocycles. The summed E-state index contributed by atoms with van der Waals surface area (Å²) in [5.74, 6) is 0.171. The van der Waals surface area contributed by atoms with Gasteiger partial charge >= 0.3 is 0 Å². The van der Waals surface area contributed by atoms with E-state index in [9.17, 15) is 4.79 Å². The van der Waals surface area contributed by atoms with Crippen LogP contribution in [0.25, 0.3) is 0 Å². The molecule has 3 rings (SSSR count). The fraction of sp³-hybridized carbons (Fsp3) is 0.500. The van der Waals surface area contributed by atoms with Crippen molar-refractivity contribution in [3.05, 3.63) is 48.5 Å². The maximum atomic E-state index is 12.8. The number of hydrogen-bond acceptors (Lipinski definition) is 4. The van der Waals surface area contributed by atoms with Crippen LogP contribution in [-0.4, -0.2) is 56.1 Å². The highest BCUT2D eigenvalue weighted by Gasteiger charge is 2.33. The number of amides is 1. The second-order valence-corrected chi connectivity index (χ2v) is 6.51. The summed E-state index contributed by atoms with van der Waals surface area (Å²) in [6, 6.07) is 10.3. The van der Waals surface area contributed by atoms with Gasteiger partial charge in [-0.1, -0.05) is 30.3 Å². The molecule has 0 spiro atoms. The standard InChI is InChI=1S/C18H25N5O/c1-15(18(24)21(2)11-16-7-4-3-5-8-16)23-10-6-9-17(23)12-22-14-19-13-20-22/h3-5,7-8,13-15,17H,6,9-12H2,1-2H3/t15-,17-/m1/s1. The molecule has 1 aromatic heterocycles. The Morgan fingerprint density at radius 1 is 1.38 bits per heavy atom. The van der Waals surface area contributed by atoms with Crippen LogP contribution in [0.3, 0.4) is 0 Å². The molecule has 0 aliphatic carbocycles. The molecule has 0 saturated carbocycles. The Morgan fingerprint density at radius 2 is 2.17 bits per heavy atom. The second kappa shape index (κ2) is 7.57. The molecule has 128 valence electrons. The van der Waals surface area contributed by atoms with Gasteiger partial charge in [0.1, 0.15) is 12.7 Å². The Balaban J connectivity index is 1.61. The SMILES string of the molecule is C[C@H](C(=O)N(C)Cc1ccccc1)N1CCC[C@@H]1Cn1cncn1. The summed E-state index contributed by atoms with van der Waals surface area (Å²) >= 11 is 0. The van der Waals surface area contributed by atoms with Crippen molar-refractivity contribution < 1.29 is 4.79 Å². The van der Waals surface area contributed by atoms with Crippen molar-refractivity contribution in [2.75, 3.05) is 13.6 Å². The molecule has 1 aromatic carbocycles. The highest BCUT2D eigenvalue weighted by atomic mass is 16.2. The fourth-order valence-electron chi connectivity index (χ4n) is 3.50. The van der Waals surface area contributed by atoms with Crippen LogP contribution in [0.5, 0.6) is 0 Å². The van der Waals surface area contributed by atoms with Gasteiger partial charge in [0.15, 0.2) is 0 Å². The van der Waals surface area contributed by atoms with Crippen molar-refractivity contribution in [2.24, 2.45) is 0 Å². The van der Waals surface area contributed by atoms with Crippen LogP contribution in [-0.2, 0) is 17.9 Å². The normalized spacial score (nSPS) is 19.3. The first-order chi connectivity index (χ1) is 11.6. The molecule has 2 aromatic rings. The quantitative estimate of drug-likeness (QED) is 0.812.